The first-order chi connectivity index (χ1) is 7.54. The van der Waals surface area contributed by atoms with Crippen LogP contribution in [0.15, 0.2) is 30.3 Å². The van der Waals surface area contributed by atoms with E-state index in [4.69, 9.17) is 11.8 Å². The van der Waals surface area contributed by atoms with Crippen molar-refractivity contribution in [3.05, 3.63) is 30.3 Å². The SMILES string of the molecule is C[C@@H]1C[P@](=S)(c2ccccc2)[C@H](C)C[C@@H]1O. The first-order valence-electron chi connectivity index (χ1n) is 5.86. The fourth-order valence-electron chi connectivity index (χ4n) is 2.52. The molecular weight excluding hydrogens is 235 g/mol. The van der Waals surface area contributed by atoms with Gasteiger partial charge in [-0.15, -0.1) is 0 Å². The Morgan fingerprint density at radius 2 is 1.88 bits per heavy atom. The Labute approximate surface area is 103 Å². The van der Waals surface area contributed by atoms with Crippen molar-refractivity contribution in [2.75, 3.05) is 6.16 Å². The van der Waals surface area contributed by atoms with Crippen LogP contribution in [0, 0.1) is 5.92 Å². The van der Waals surface area contributed by atoms with Crippen LogP contribution in [0.4, 0.5) is 0 Å². The van der Waals surface area contributed by atoms with Crippen molar-refractivity contribution in [2.24, 2.45) is 5.92 Å². The molecule has 1 heterocycles. The van der Waals surface area contributed by atoms with Crippen LogP contribution in [-0.2, 0) is 11.8 Å². The minimum atomic E-state index is -1.48. The van der Waals surface area contributed by atoms with Crippen LogP contribution in [0.2, 0.25) is 0 Å². The van der Waals surface area contributed by atoms with Crippen LogP contribution >= 0.6 is 6.04 Å². The van der Waals surface area contributed by atoms with Gasteiger partial charge in [0.25, 0.3) is 0 Å². The summed E-state index contributed by atoms with van der Waals surface area (Å²) in [5.74, 6) is 0.349. The van der Waals surface area contributed by atoms with Gasteiger partial charge in [-0.05, 0) is 35.5 Å². The summed E-state index contributed by atoms with van der Waals surface area (Å²) in [7, 11) is 0. The molecule has 1 aromatic carbocycles. The second-order valence-electron chi connectivity index (χ2n) is 4.94. The average molecular weight is 254 g/mol. The highest BCUT2D eigenvalue weighted by Gasteiger charge is 2.37. The van der Waals surface area contributed by atoms with E-state index in [9.17, 15) is 5.11 Å². The van der Waals surface area contributed by atoms with E-state index in [2.05, 4.69) is 38.1 Å². The zero-order valence-electron chi connectivity index (χ0n) is 9.84. The van der Waals surface area contributed by atoms with E-state index in [1.165, 1.54) is 5.30 Å². The molecule has 0 spiro atoms. The van der Waals surface area contributed by atoms with Gasteiger partial charge in [-0.3, -0.25) is 0 Å². The van der Waals surface area contributed by atoms with Crippen LogP contribution in [0.25, 0.3) is 0 Å². The number of hydrogen-bond donors (Lipinski definition) is 1. The van der Waals surface area contributed by atoms with Gasteiger partial charge in [0.15, 0.2) is 0 Å². The standard InChI is InChI=1S/C13H19OPS/c1-10-9-15(16,11(2)8-13(10)14)12-6-4-3-5-7-12/h3-7,10-11,13-14H,8-9H2,1-2H3/t10-,11-,13+,15-/m1/s1. The lowest BCUT2D eigenvalue weighted by Crippen LogP contribution is -2.35. The molecule has 0 aliphatic carbocycles. The second-order valence-corrected chi connectivity index (χ2v) is 10.3. The monoisotopic (exact) mass is 254 g/mol. The van der Waals surface area contributed by atoms with Crippen molar-refractivity contribution >= 4 is 23.1 Å². The van der Waals surface area contributed by atoms with E-state index in [1.54, 1.807) is 0 Å². The van der Waals surface area contributed by atoms with Crippen molar-refractivity contribution in [1.82, 2.24) is 0 Å². The van der Waals surface area contributed by atoms with Crippen molar-refractivity contribution in [3.63, 3.8) is 0 Å². The second kappa shape index (κ2) is 4.60. The summed E-state index contributed by atoms with van der Waals surface area (Å²) in [5, 5.41) is 11.2. The molecule has 1 nitrogen and oxygen atoms in total. The van der Waals surface area contributed by atoms with Gasteiger partial charge in [0.05, 0.1) is 6.10 Å². The Balaban J connectivity index is 2.35. The van der Waals surface area contributed by atoms with Crippen LogP contribution in [0.5, 0.6) is 0 Å². The van der Waals surface area contributed by atoms with Gasteiger partial charge in [-0.25, -0.2) is 0 Å². The molecule has 2 rings (SSSR count). The topological polar surface area (TPSA) is 20.2 Å². The molecule has 1 fully saturated rings. The first-order valence-corrected chi connectivity index (χ1v) is 8.92. The highest BCUT2D eigenvalue weighted by Crippen LogP contribution is 2.56. The molecule has 1 saturated heterocycles. The lowest BCUT2D eigenvalue weighted by Gasteiger charge is -2.39. The fourth-order valence-corrected chi connectivity index (χ4v) is 7.26. The summed E-state index contributed by atoms with van der Waals surface area (Å²) in [6.45, 7) is 4.34. The largest absolute Gasteiger partial charge is 0.393 e. The van der Waals surface area contributed by atoms with Crippen LogP contribution < -0.4 is 5.30 Å². The molecule has 0 saturated carbocycles. The maximum Gasteiger partial charge on any atom is 0.0575 e. The molecule has 0 bridgehead atoms. The molecule has 0 unspecified atom stereocenters. The van der Waals surface area contributed by atoms with E-state index in [0.29, 0.717) is 11.6 Å². The van der Waals surface area contributed by atoms with Crippen LogP contribution in [0.3, 0.4) is 0 Å². The van der Waals surface area contributed by atoms with Gasteiger partial charge >= 0.3 is 0 Å². The molecule has 1 aliphatic rings. The van der Waals surface area contributed by atoms with Gasteiger partial charge in [0.2, 0.25) is 0 Å². The van der Waals surface area contributed by atoms with E-state index >= 15 is 0 Å². The molecule has 1 aromatic rings. The summed E-state index contributed by atoms with van der Waals surface area (Å²) >= 11 is 5.97. The third kappa shape index (κ3) is 2.11. The third-order valence-corrected chi connectivity index (χ3v) is 9.79. The number of aliphatic hydroxyl groups is 1. The summed E-state index contributed by atoms with van der Waals surface area (Å²) < 4.78 is 0. The smallest absolute Gasteiger partial charge is 0.0575 e. The molecule has 3 heteroatoms. The Kier molecular flexibility index (Phi) is 3.53. The Morgan fingerprint density at radius 3 is 2.50 bits per heavy atom. The maximum absolute atomic E-state index is 9.90. The van der Waals surface area contributed by atoms with Gasteiger partial charge in [0, 0.05) is 0 Å². The van der Waals surface area contributed by atoms with E-state index in [0.717, 1.165) is 12.6 Å². The molecule has 0 radical (unpaired) electrons. The first kappa shape index (κ1) is 12.3. The number of rotatable bonds is 1. The number of aliphatic hydroxyl groups excluding tert-OH is 1. The lowest BCUT2D eigenvalue weighted by atomic mass is 10.0. The van der Waals surface area contributed by atoms with Gasteiger partial charge in [-0.2, -0.15) is 0 Å². The summed E-state index contributed by atoms with van der Waals surface area (Å²) in [5.41, 5.74) is 0.469. The van der Waals surface area contributed by atoms with Crippen LogP contribution in [-0.4, -0.2) is 23.0 Å². The molecule has 0 amide bonds. The van der Waals surface area contributed by atoms with Gasteiger partial charge < -0.3 is 5.11 Å². The molecular formula is C13H19OPS. The average Bonchev–Trinajstić information content (AvgIpc) is 2.28. The highest BCUT2D eigenvalue weighted by atomic mass is 32.4. The minimum absolute atomic E-state index is 0.158. The molecule has 0 aromatic heterocycles. The van der Waals surface area contributed by atoms with Crippen molar-refractivity contribution in [3.8, 4) is 0 Å². The van der Waals surface area contributed by atoms with Gasteiger partial charge in [-0.1, -0.05) is 56.0 Å². The van der Waals surface area contributed by atoms with Crippen molar-refractivity contribution in [2.45, 2.75) is 32.0 Å². The van der Waals surface area contributed by atoms with Crippen molar-refractivity contribution in [1.29, 1.82) is 0 Å². The minimum Gasteiger partial charge on any atom is -0.393 e. The summed E-state index contributed by atoms with van der Waals surface area (Å²) in [6, 6.07) is 9.05. The van der Waals surface area contributed by atoms with E-state index in [-0.39, 0.29) is 6.10 Å². The zero-order valence-corrected chi connectivity index (χ0v) is 11.5. The predicted octanol–water partition coefficient (Wildman–Crippen LogP) is 2.58. The maximum atomic E-state index is 9.90. The number of hydrogen-bond acceptors (Lipinski definition) is 2. The molecule has 1 N–H and O–H groups in total. The molecule has 88 valence electrons. The van der Waals surface area contributed by atoms with E-state index in [1.807, 2.05) is 6.07 Å². The lowest BCUT2D eigenvalue weighted by molar-refractivity contribution is 0.112. The van der Waals surface area contributed by atoms with E-state index < -0.39 is 6.04 Å². The Bertz CT molecular complexity index is 404. The quantitative estimate of drug-likeness (QED) is 0.777. The zero-order chi connectivity index (χ0) is 11.8. The Morgan fingerprint density at radius 1 is 1.25 bits per heavy atom. The molecule has 4 atom stereocenters. The molecule has 16 heavy (non-hydrogen) atoms. The molecule has 1 aliphatic heterocycles. The predicted molar refractivity (Wildman–Crippen MR) is 74.5 cm³/mol. The fraction of sp³-hybridized carbons (Fsp3) is 0.538. The Hall–Kier alpha value is -0.170. The summed E-state index contributed by atoms with van der Waals surface area (Å²) in [4.78, 5) is 0. The normalized spacial score (nSPS) is 39.6. The highest BCUT2D eigenvalue weighted by molar-refractivity contribution is 8.18. The third-order valence-electron chi connectivity index (χ3n) is 3.70. The van der Waals surface area contributed by atoms with Gasteiger partial charge in [0.1, 0.15) is 0 Å². The number of benzene rings is 1. The van der Waals surface area contributed by atoms with Crippen molar-refractivity contribution < 1.29 is 5.11 Å². The van der Waals surface area contributed by atoms with Crippen LogP contribution in [0.1, 0.15) is 20.3 Å². The summed E-state index contributed by atoms with van der Waals surface area (Å²) in [6.07, 6.45) is 1.72.